The van der Waals surface area contributed by atoms with E-state index in [0.29, 0.717) is 27.5 Å². The van der Waals surface area contributed by atoms with E-state index in [1.807, 2.05) is 18.2 Å². The predicted octanol–water partition coefficient (Wildman–Crippen LogP) is 4.60. The summed E-state index contributed by atoms with van der Waals surface area (Å²) in [7, 11) is -2.18. The fraction of sp³-hybridized carbons (Fsp3) is 0.280. The van der Waals surface area contributed by atoms with Gasteiger partial charge in [-0.3, -0.25) is 13.9 Å². The molecule has 0 spiro atoms. The Bertz CT molecular complexity index is 1410. The molecule has 1 heterocycles. The Labute approximate surface area is 214 Å². The van der Waals surface area contributed by atoms with Crippen molar-refractivity contribution in [3.05, 3.63) is 70.2 Å². The van der Waals surface area contributed by atoms with Crippen LogP contribution in [0.5, 0.6) is 0 Å². The highest BCUT2D eigenvalue weighted by atomic mass is 35.5. The number of halogens is 2. The first-order valence-corrected chi connectivity index (χ1v) is 13.3. The number of sulfonamides is 1. The van der Waals surface area contributed by atoms with E-state index in [1.165, 1.54) is 16.3 Å². The van der Waals surface area contributed by atoms with Gasteiger partial charge in [0, 0.05) is 31.9 Å². The summed E-state index contributed by atoms with van der Waals surface area (Å²) in [6.07, 6.45) is 0.363. The molecule has 0 fully saturated rings. The molecule has 0 aromatic heterocycles. The van der Waals surface area contributed by atoms with Gasteiger partial charge in [-0.2, -0.15) is 0 Å². The number of amides is 2. The fourth-order valence-electron chi connectivity index (χ4n) is 4.34. The van der Waals surface area contributed by atoms with Crippen LogP contribution in [0.1, 0.15) is 25.3 Å². The number of likely N-dealkylation sites (N-methyl/N-ethyl adjacent to an activating group) is 1. The van der Waals surface area contributed by atoms with Crippen LogP contribution in [0.3, 0.4) is 0 Å². The first kappa shape index (κ1) is 25.3. The molecule has 2 amide bonds. The van der Waals surface area contributed by atoms with Gasteiger partial charge >= 0.3 is 0 Å². The van der Waals surface area contributed by atoms with Crippen molar-refractivity contribution in [2.75, 3.05) is 17.9 Å². The molecule has 0 radical (unpaired) electrons. The SMILES string of the molecule is CNC(=O)C(C)N(Cc1ccc(Cl)c(Cl)c1)C(=O)CCCN1c2cccc3cccc(c23)S1(=O)=O. The monoisotopic (exact) mass is 533 g/mol. The summed E-state index contributed by atoms with van der Waals surface area (Å²) in [5.74, 6) is -0.567. The molecule has 0 aliphatic carbocycles. The highest BCUT2D eigenvalue weighted by Gasteiger charge is 2.35. The van der Waals surface area contributed by atoms with Crippen molar-refractivity contribution in [2.45, 2.75) is 37.2 Å². The summed E-state index contributed by atoms with van der Waals surface area (Å²) >= 11 is 12.1. The molecule has 0 bridgehead atoms. The number of hydrogen-bond donors (Lipinski definition) is 1. The van der Waals surface area contributed by atoms with Crippen molar-refractivity contribution in [3.8, 4) is 0 Å². The van der Waals surface area contributed by atoms with Crippen molar-refractivity contribution < 1.29 is 18.0 Å². The van der Waals surface area contributed by atoms with E-state index in [4.69, 9.17) is 23.2 Å². The summed E-state index contributed by atoms with van der Waals surface area (Å²) in [4.78, 5) is 27.3. The minimum atomic E-state index is -3.69. The molecular formula is C25H25Cl2N3O4S. The zero-order valence-corrected chi connectivity index (χ0v) is 21.6. The summed E-state index contributed by atoms with van der Waals surface area (Å²) in [5.41, 5.74) is 1.35. The smallest absolute Gasteiger partial charge is 0.265 e. The summed E-state index contributed by atoms with van der Waals surface area (Å²) in [5, 5.41) is 4.89. The number of hydrogen-bond acceptors (Lipinski definition) is 4. The van der Waals surface area contributed by atoms with Crippen LogP contribution >= 0.6 is 23.2 Å². The Morgan fingerprint density at radius 3 is 2.46 bits per heavy atom. The van der Waals surface area contributed by atoms with Crippen LogP contribution in [-0.4, -0.2) is 44.8 Å². The minimum Gasteiger partial charge on any atom is -0.357 e. The number of nitrogens with one attached hydrogen (secondary N) is 1. The van der Waals surface area contributed by atoms with Gasteiger partial charge in [0.25, 0.3) is 10.0 Å². The molecule has 3 aromatic carbocycles. The molecule has 3 aromatic rings. The highest BCUT2D eigenvalue weighted by Crippen LogP contribution is 2.42. The molecular weight excluding hydrogens is 509 g/mol. The molecule has 7 nitrogen and oxygen atoms in total. The van der Waals surface area contributed by atoms with Crippen LogP contribution in [0.2, 0.25) is 10.0 Å². The van der Waals surface area contributed by atoms with E-state index in [-0.39, 0.29) is 36.2 Å². The minimum absolute atomic E-state index is 0.0704. The summed E-state index contributed by atoms with van der Waals surface area (Å²) < 4.78 is 27.7. The average molecular weight is 534 g/mol. The average Bonchev–Trinajstić information content (AvgIpc) is 3.06. The third-order valence-corrected chi connectivity index (χ3v) is 8.78. The molecule has 1 atom stereocenters. The van der Waals surface area contributed by atoms with Crippen molar-refractivity contribution in [1.82, 2.24) is 10.2 Å². The Hall–Kier alpha value is -2.81. The van der Waals surface area contributed by atoms with Crippen molar-refractivity contribution in [1.29, 1.82) is 0 Å². The van der Waals surface area contributed by atoms with Crippen LogP contribution < -0.4 is 9.62 Å². The quantitative estimate of drug-likeness (QED) is 0.458. The van der Waals surface area contributed by atoms with Gasteiger partial charge in [0.1, 0.15) is 6.04 Å². The summed E-state index contributed by atoms with van der Waals surface area (Å²) in [6, 6.07) is 15.0. The lowest BCUT2D eigenvalue weighted by molar-refractivity contribution is -0.140. The Morgan fingerprint density at radius 1 is 1.06 bits per heavy atom. The van der Waals surface area contributed by atoms with E-state index in [2.05, 4.69) is 5.32 Å². The lowest BCUT2D eigenvalue weighted by atomic mass is 10.1. The van der Waals surface area contributed by atoms with Crippen molar-refractivity contribution >= 4 is 61.5 Å². The molecule has 35 heavy (non-hydrogen) atoms. The van der Waals surface area contributed by atoms with Gasteiger partial charge in [-0.15, -0.1) is 0 Å². The van der Waals surface area contributed by atoms with Gasteiger partial charge < -0.3 is 10.2 Å². The fourth-order valence-corrected chi connectivity index (χ4v) is 6.41. The topological polar surface area (TPSA) is 86.8 Å². The van der Waals surface area contributed by atoms with Gasteiger partial charge in [-0.1, -0.05) is 53.5 Å². The second-order valence-corrected chi connectivity index (χ2v) is 11.0. The van der Waals surface area contributed by atoms with Crippen molar-refractivity contribution in [2.24, 2.45) is 0 Å². The van der Waals surface area contributed by atoms with E-state index in [0.717, 1.165) is 10.9 Å². The first-order chi connectivity index (χ1) is 16.6. The third-order valence-electron chi connectivity index (χ3n) is 6.18. The standard InChI is InChI=1S/C25H25Cl2N3O4S/c1-16(25(32)28-2)29(15-17-11-12-19(26)20(27)14-17)23(31)10-5-13-30-21-8-3-6-18-7-4-9-22(24(18)21)35(30,33)34/h3-4,6-9,11-12,14,16H,5,10,13,15H2,1-2H3,(H,28,32). The Morgan fingerprint density at radius 2 is 1.77 bits per heavy atom. The van der Waals surface area contributed by atoms with Crippen LogP contribution in [0, 0.1) is 0 Å². The van der Waals surface area contributed by atoms with Gasteiger partial charge in [0.2, 0.25) is 11.8 Å². The molecule has 1 unspecified atom stereocenters. The second kappa shape index (κ2) is 10.0. The maximum Gasteiger partial charge on any atom is 0.265 e. The van der Waals surface area contributed by atoms with Gasteiger partial charge in [-0.05, 0) is 48.6 Å². The maximum atomic E-state index is 13.2. The van der Waals surface area contributed by atoms with E-state index in [1.54, 1.807) is 43.3 Å². The molecule has 184 valence electrons. The highest BCUT2D eigenvalue weighted by molar-refractivity contribution is 7.93. The number of nitrogens with zero attached hydrogens (tertiary/aromatic N) is 2. The van der Waals surface area contributed by atoms with E-state index < -0.39 is 16.1 Å². The van der Waals surface area contributed by atoms with Gasteiger partial charge in [-0.25, -0.2) is 8.42 Å². The normalized spacial score (nSPS) is 14.7. The van der Waals surface area contributed by atoms with Crippen LogP contribution in [0.15, 0.2) is 59.5 Å². The van der Waals surface area contributed by atoms with Crippen LogP contribution in [0.25, 0.3) is 10.8 Å². The molecule has 1 aliphatic heterocycles. The Balaban J connectivity index is 1.50. The zero-order valence-electron chi connectivity index (χ0n) is 19.3. The van der Waals surface area contributed by atoms with Crippen LogP contribution in [0.4, 0.5) is 5.69 Å². The molecule has 1 aliphatic rings. The zero-order chi connectivity index (χ0) is 25.3. The second-order valence-electron chi connectivity index (χ2n) is 8.37. The van der Waals surface area contributed by atoms with Gasteiger partial charge in [0.15, 0.2) is 0 Å². The molecule has 0 saturated carbocycles. The van der Waals surface area contributed by atoms with E-state index >= 15 is 0 Å². The lowest BCUT2D eigenvalue weighted by Crippen LogP contribution is -2.46. The van der Waals surface area contributed by atoms with Crippen LogP contribution in [-0.2, 0) is 26.2 Å². The number of rotatable bonds is 8. The largest absolute Gasteiger partial charge is 0.357 e. The van der Waals surface area contributed by atoms with E-state index in [9.17, 15) is 18.0 Å². The number of benzene rings is 3. The summed E-state index contributed by atoms with van der Waals surface area (Å²) in [6.45, 7) is 1.96. The number of anilines is 1. The predicted molar refractivity (Wildman–Crippen MR) is 138 cm³/mol. The van der Waals surface area contributed by atoms with Gasteiger partial charge in [0.05, 0.1) is 20.6 Å². The molecule has 10 heteroatoms. The number of carbonyl (C=O) groups excluding carboxylic acids is 2. The molecule has 0 saturated heterocycles. The lowest BCUT2D eigenvalue weighted by Gasteiger charge is -2.29. The molecule has 4 rings (SSSR count). The number of carbonyl (C=O) groups is 2. The first-order valence-electron chi connectivity index (χ1n) is 11.1. The third kappa shape index (κ3) is 4.83. The Kier molecular flexibility index (Phi) is 7.26. The molecule has 1 N–H and O–H groups in total. The van der Waals surface area contributed by atoms with Crippen molar-refractivity contribution in [3.63, 3.8) is 0 Å². The maximum absolute atomic E-state index is 13.2.